The Morgan fingerprint density at radius 1 is 1.00 bits per heavy atom. The molecule has 0 unspecified atom stereocenters. The van der Waals surface area contributed by atoms with Crippen LogP contribution in [0.2, 0.25) is 0 Å². The third-order valence-corrected chi connectivity index (χ3v) is 4.94. The molecular formula is C19H11F4N2NaO4S. The van der Waals surface area contributed by atoms with Crippen molar-refractivity contribution in [3.63, 3.8) is 0 Å². The molecule has 6 nitrogen and oxygen atoms in total. The number of alkyl halides is 3. The summed E-state index contributed by atoms with van der Waals surface area (Å²) in [5.74, 6) is -2.44. The number of carbonyl (C=O) groups is 1. The molecule has 0 atom stereocenters. The minimum atomic E-state index is -5.08. The van der Waals surface area contributed by atoms with E-state index < -0.39 is 43.9 Å². The van der Waals surface area contributed by atoms with Gasteiger partial charge in [-0.1, -0.05) is 18.2 Å². The number of sulfonamides is 1. The molecular weight excluding hydrogens is 451 g/mol. The minimum Gasteiger partial charge on any atom is -0.537 e. The van der Waals surface area contributed by atoms with Crippen LogP contribution in [0, 0.1) is 5.82 Å². The van der Waals surface area contributed by atoms with Gasteiger partial charge in [0.1, 0.15) is 21.6 Å². The summed E-state index contributed by atoms with van der Waals surface area (Å²) in [6, 6.07) is 11.9. The number of halogens is 4. The van der Waals surface area contributed by atoms with Crippen LogP contribution in [0.25, 0.3) is 4.72 Å². The van der Waals surface area contributed by atoms with E-state index in [4.69, 9.17) is 4.74 Å². The number of amides is 1. The largest absolute Gasteiger partial charge is 1.00 e. The average Bonchev–Trinajstić information content (AvgIpc) is 2.68. The van der Waals surface area contributed by atoms with Gasteiger partial charge < -0.3 is 14.3 Å². The zero-order valence-electron chi connectivity index (χ0n) is 15.8. The summed E-state index contributed by atoms with van der Waals surface area (Å²) < 4.78 is 85.1. The number of benzene rings is 2. The fourth-order valence-electron chi connectivity index (χ4n) is 2.34. The number of aromatic nitrogens is 1. The molecule has 0 fully saturated rings. The Morgan fingerprint density at radius 3 is 2.26 bits per heavy atom. The molecule has 12 heteroatoms. The van der Waals surface area contributed by atoms with E-state index in [1.54, 1.807) is 30.3 Å². The molecule has 2 aromatic carbocycles. The van der Waals surface area contributed by atoms with E-state index in [0.29, 0.717) is 17.9 Å². The average molecular weight is 462 g/mol. The molecule has 0 aliphatic carbocycles. The van der Waals surface area contributed by atoms with Gasteiger partial charge in [0, 0.05) is 17.8 Å². The zero-order chi connectivity index (χ0) is 21.9. The number of carbonyl (C=O) groups excluding carboxylic acids is 1. The molecule has 3 aromatic rings. The van der Waals surface area contributed by atoms with Gasteiger partial charge in [0.2, 0.25) is 5.88 Å². The molecule has 0 radical (unpaired) electrons. The first-order chi connectivity index (χ1) is 14.1. The molecule has 0 bridgehead atoms. The van der Waals surface area contributed by atoms with Crippen LogP contribution >= 0.6 is 0 Å². The summed E-state index contributed by atoms with van der Waals surface area (Å²) in [7, 11) is -4.67. The first-order valence-electron chi connectivity index (χ1n) is 8.14. The fraction of sp³-hybridized carbons (Fsp3) is 0.0526. The SMILES string of the molecule is O=C([N-]S(=O)(=O)c1ccc(Oc2ccccc2)nc1)c1ccc(F)cc1C(F)(F)F.[Na+]. The van der Waals surface area contributed by atoms with E-state index in [9.17, 15) is 30.8 Å². The molecule has 1 amide bonds. The van der Waals surface area contributed by atoms with E-state index in [1.165, 1.54) is 6.07 Å². The molecule has 156 valence electrons. The van der Waals surface area contributed by atoms with Gasteiger partial charge in [0.25, 0.3) is 0 Å². The fourth-order valence-corrected chi connectivity index (χ4v) is 3.19. The van der Waals surface area contributed by atoms with Crippen molar-refractivity contribution in [1.29, 1.82) is 0 Å². The van der Waals surface area contributed by atoms with Crippen molar-refractivity contribution in [2.24, 2.45) is 0 Å². The van der Waals surface area contributed by atoms with Crippen LogP contribution in [0.4, 0.5) is 17.6 Å². The van der Waals surface area contributed by atoms with Gasteiger partial charge in [-0.3, -0.25) is 0 Å². The van der Waals surface area contributed by atoms with Crippen molar-refractivity contribution in [3.8, 4) is 11.6 Å². The minimum absolute atomic E-state index is 0. The van der Waals surface area contributed by atoms with Gasteiger partial charge in [-0.15, -0.1) is 0 Å². The summed E-state index contributed by atoms with van der Waals surface area (Å²) in [5.41, 5.74) is -2.72. The van der Waals surface area contributed by atoms with Crippen LogP contribution in [-0.2, 0) is 16.2 Å². The third-order valence-electron chi connectivity index (χ3n) is 3.69. The quantitative estimate of drug-likeness (QED) is 0.427. The first-order valence-corrected chi connectivity index (χ1v) is 9.58. The maximum atomic E-state index is 13.2. The Kier molecular flexibility index (Phi) is 7.82. The molecule has 0 aliphatic heterocycles. The van der Waals surface area contributed by atoms with Crippen molar-refractivity contribution in [2.75, 3.05) is 0 Å². The molecule has 0 saturated heterocycles. The van der Waals surface area contributed by atoms with Crippen molar-refractivity contribution < 1.29 is 65.1 Å². The van der Waals surface area contributed by atoms with Gasteiger partial charge in [0.05, 0.1) is 16.4 Å². The standard InChI is InChI=1S/C19H12F4N2O4S.Na/c20-12-6-8-15(16(10-12)19(21,22)23)18(26)25-30(27,28)14-7-9-17(24-11-14)29-13-4-2-1-3-5-13;/h1-11H,(H,25,26);/q;+1/p-1. The Balaban J connectivity index is 0.00000341. The molecule has 1 heterocycles. The summed E-state index contributed by atoms with van der Waals surface area (Å²) in [5, 5.41) is 0. The number of ether oxygens (including phenoxy) is 1. The number of nitrogens with zero attached hydrogens (tertiary/aromatic N) is 2. The molecule has 31 heavy (non-hydrogen) atoms. The second-order valence-corrected chi connectivity index (χ2v) is 7.41. The normalized spacial score (nSPS) is 11.4. The molecule has 0 aliphatic rings. The van der Waals surface area contributed by atoms with Crippen molar-refractivity contribution in [2.45, 2.75) is 11.1 Å². The van der Waals surface area contributed by atoms with Crippen molar-refractivity contribution >= 4 is 15.9 Å². The zero-order valence-corrected chi connectivity index (χ0v) is 18.6. The van der Waals surface area contributed by atoms with E-state index in [-0.39, 0.29) is 41.5 Å². The molecule has 0 spiro atoms. The smallest absolute Gasteiger partial charge is 0.537 e. The first kappa shape index (κ1) is 24.8. The molecule has 0 N–H and O–H groups in total. The summed E-state index contributed by atoms with van der Waals surface area (Å²) in [6.07, 6.45) is -4.23. The van der Waals surface area contributed by atoms with E-state index >= 15 is 0 Å². The summed E-state index contributed by atoms with van der Waals surface area (Å²) in [4.78, 5) is 15.4. The Hall–Kier alpha value is -2.47. The predicted molar refractivity (Wildman–Crippen MR) is 97.0 cm³/mol. The topological polar surface area (TPSA) is 87.4 Å². The number of hydrogen-bond acceptors (Lipinski definition) is 5. The van der Waals surface area contributed by atoms with Gasteiger partial charge in [-0.2, -0.15) is 13.2 Å². The van der Waals surface area contributed by atoms with Crippen LogP contribution in [0.1, 0.15) is 15.9 Å². The van der Waals surface area contributed by atoms with Gasteiger partial charge in [0.15, 0.2) is 0 Å². The number of rotatable bonds is 5. The van der Waals surface area contributed by atoms with Crippen LogP contribution in [0.3, 0.4) is 0 Å². The molecule has 1 aromatic heterocycles. The van der Waals surface area contributed by atoms with Crippen LogP contribution in [0.15, 0.2) is 71.8 Å². The number of para-hydroxylation sites is 1. The van der Waals surface area contributed by atoms with Crippen LogP contribution in [-0.4, -0.2) is 19.3 Å². The Morgan fingerprint density at radius 2 is 1.68 bits per heavy atom. The number of pyridine rings is 1. The van der Waals surface area contributed by atoms with Crippen LogP contribution in [0.5, 0.6) is 11.6 Å². The van der Waals surface area contributed by atoms with E-state index in [1.807, 2.05) is 0 Å². The predicted octanol–water partition coefficient (Wildman–Crippen LogP) is 1.94. The molecule has 0 saturated carbocycles. The maximum absolute atomic E-state index is 13.2. The number of hydrogen-bond donors (Lipinski definition) is 0. The van der Waals surface area contributed by atoms with E-state index in [0.717, 1.165) is 12.3 Å². The van der Waals surface area contributed by atoms with Crippen LogP contribution < -0.4 is 34.3 Å². The summed E-state index contributed by atoms with van der Waals surface area (Å²) in [6.45, 7) is 0. The van der Waals surface area contributed by atoms with E-state index in [2.05, 4.69) is 9.71 Å². The molecule has 3 rings (SSSR count). The monoisotopic (exact) mass is 462 g/mol. The Bertz CT molecular complexity index is 1170. The van der Waals surface area contributed by atoms with Gasteiger partial charge in [-0.25, -0.2) is 17.8 Å². The second-order valence-electron chi connectivity index (χ2n) is 5.81. The van der Waals surface area contributed by atoms with Crippen molar-refractivity contribution in [1.82, 2.24) is 4.98 Å². The second kappa shape index (κ2) is 9.77. The van der Waals surface area contributed by atoms with Gasteiger partial charge >= 0.3 is 35.7 Å². The Labute approximate surface area is 196 Å². The van der Waals surface area contributed by atoms with Gasteiger partial charge in [-0.05, 0) is 36.4 Å². The third kappa shape index (κ3) is 6.26. The summed E-state index contributed by atoms with van der Waals surface area (Å²) >= 11 is 0. The maximum Gasteiger partial charge on any atom is 1.00 e. The van der Waals surface area contributed by atoms with Crippen molar-refractivity contribution in [3.05, 3.63) is 88.5 Å².